The lowest BCUT2D eigenvalue weighted by atomic mass is 9.79. The molecule has 3 saturated heterocycles. The molecule has 5 unspecified atom stereocenters. The summed E-state index contributed by atoms with van der Waals surface area (Å²) in [5.74, 6) is 1.20. The van der Waals surface area contributed by atoms with Gasteiger partial charge in [0.1, 0.15) is 0 Å². The van der Waals surface area contributed by atoms with Crippen LogP contribution in [0, 0.1) is 11.8 Å². The first-order valence-electron chi connectivity index (χ1n) is 5.83. The summed E-state index contributed by atoms with van der Waals surface area (Å²) in [4.78, 5) is 0. The topological polar surface area (TPSA) is 44.5 Å². The van der Waals surface area contributed by atoms with Crippen molar-refractivity contribution in [1.29, 1.82) is 0 Å². The van der Waals surface area contributed by atoms with Gasteiger partial charge in [-0.1, -0.05) is 0 Å². The molecule has 3 heterocycles. The van der Waals surface area contributed by atoms with E-state index in [4.69, 9.17) is 15.2 Å². The number of fused-ring (bicyclic) bond motifs is 2. The molecule has 0 radical (unpaired) electrons. The van der Waals surface area contributed by atoms with Crippen LogP contribution in [-0.2, 0) is 9.47 Å². The van der Waals surface area contributed by atoms with Gasteiger partial charge >= 0.3 is 0 Å². The standard InChI is InChI=1S/C11H19NO2/c12-11(7-3-4-13-6-7)9-5-8-1-2-10(9)14-8/h7-11H,1-6,12H2. The summed E-state index contributed by atoms with van der Waals surface area (Å²) in [5.41, 5.74) is 6.31. The van der Waals surface area contributed by atoms with Crippen molar-refractivity contribution in [3.05, 3.63) is 0 Å². The molecule has 0 aromatic heterocycles. The second kappa shape index (κ2) is 3.47. The third-order valence-electron chi connectivity index (χ3n) is 4.16. The van der Waals surface area contributed by atoms with Gasteiger partial charge in [-0.3, -0.25) is 0 Å². The smallest absolute Gasteiger partial charge is 0.0623 e. The molecule has 3 aliphatic heterocycles. The molecule has 0 saturated carbocycles. The second-order valence-electron chi connectivity index (χ2n) is 4.97. The van der Waals surface area contributed by atoms with Crippen LogP contribution in [0.2, 0.25) is 0 Å². The predicted octanol–water partition coefficient (Wildman–Crippen LogP) is 0.918. The second-order valence-corrected chi connectivity index (χ2v) is 4.97. The van der Waals surface area contributed by atoms with Gasteiger partial charge in [0, 0.05) is 18.6 Å². The average molecular weight is 197 g/mol. The normalized spacial score (nSPS) is 48.6. The molecule has 14 heavy (non-hydrogen) atoms. The molecule has 0 aromatic rings. The molecule has 3 fully saturated rings. The lowest BCUT2D eigenvalue weighted by molar-refractivity contribution is 0.0824. The third kappa shape index (κ3) is 1.38. The minimum Gasteiger partial charge on any atom is -0.381 e. The fraction of sp³-hybridized carbons (Fsp3) is 1.00. The third-order valence-corrected chi connectivity index (χ3v) is 4.16. The summed E-state index contributed by atoms with van der Waals surface area (Å²) in [6.07, 6.45) is 5.83. The van der Waals surface area contributed by atoms with E-state index in [0.717, 1.165) is 19.6 Å². The van der Waals surface area contributed by atoms with E-state index in [0.29, 0.717) is 30.1 Å². The highest BCUT2D eigenvalue weighted by Crippen LogP contribution is 2.42. The Kier molecular flexibility index (Phi) is 2.26. The summed E-state index contributed by atoms with van der Waals surface area (Å²) < 4.78 is 11.2. The van der Waals surface area contributed by atoms with E-state index in [9.17, 15) is 0 Å². The van der Waals surface area contributed by atoms with Gasteiger partial charge in [0.2, 0.25) is 0 Å². The van der Waals surface area contributed by atoms with E-state index in [1.165, 1.54) is 19.3 Å². The highest BCUT2D eigenvalue weighted by Gasteiger charge is 2.45. The fourth-order valence-electron chi connectivity index (χ4n) is 3.29. The number of ether oxygens (including phenoxy) is 2. The van der Waals surface area contributed by atoms with E-state index < -0.39 is 0 Å². The van der Waals surface area contributed by atoms with Crippen LogP contribution < -0.4 is 5.73 Å². The molecule has 3 heteroatoms. The Morgan fingerprint density at radius 3 is 2.71 bits per heavy atom. The van der Waals surface area contributed by atoms with Crippen molar-refractivity contribution in [3.63, 3.8) is 0 Å². The van der Waals surface area contributed by atoms with E-state index >= 15 is 0 Å². The predicted molar refractivity (Wildman–Crippen MR) is 52.9 cm³/mol. The zero-order chi connectivity index (χ0) is 9.54. The van der Waals surface area contributed by atoms with Gasteiger partial charge in [0.25, 0.3) is 0 Å². The molecule has 2 N–H and O–H groups in total. The van der Waals surface area contributed by atoms with Gasteiger partial charge in [-0.2, -0.15) is 0 Å². The molecular formula is C11H19NO2. The Morgan fingerprint density at radius 1 is 1.21 bits per heavy atom. The average Bonchev–Trinajstić information content (AvgIpc) is 2.93. The van der Waals surface area contributed by atoms with Crippen LogP contribution in [0.5, 0.6) is 0 Å². The molecular weight excluding hydrogens is 178 g/mol. The van der Waals surface area contributed by atoms with Crippen molar-refractivity contribution in [2.24, 2.45) is 17.6 Å². The highest BCUT2D eigenvalue weighted by molar-refractivity contribution is 4.96. The van der Waals surface area contributed by atoms with Crippen LogP contribution in [0.4, 0.5) is 0 Å². The number of rotatable bonds is 2. The van der Waals surface area contributed by atoms with E-state index in [1.54, 1.807) is 0 Å². The largest absolute Gasteiger partial charge is 0.381 e. The lowest BCUT2D eigenvalue weighted by Gasteiger charge is -2.28. The Morgan fingerprint density at radius 2 is 2.14 bits per heavy atom. The number of nitrogens with two attached hydrogens (primary N) is 1. The van der Waals surface area contributed by atoms with Crippen molar-refractivity contribution in [1.82, 2.24) is 0 Å². The maximum Gasteiger partial charge on any atom is 0.0623 e. The number of hydrogen-bond donors (Lipinski definition) is 1. The first kappa shape index (κ1) is 9.13. The lowest BCUT2D eigenvalue weighted by Crippen LogP contribution is -2.42. The van der Waals surface area contributed by atoms with Crippen LogP contribution in [0.3, 0.4) is 0 Å². The summed E-state index contributed by atoms with van der Waals surface area (Å²) in [7, 11) is 0. The summed E-state index contributed by atoms with van der Waals surface area (Å²) in [5, 5.41) is 0. The van der Waals surface area contributed by atoms with E-state index in [2.05, 4.69) is 0 Å². The summed E-state index contributed by atoms with van der Waals surface area (Å²) in [6, 6.07) is 0.313. The van der Waals surface area contributed by atoms with Crippen molar-refractivity contribution in [2.45, 2.75) is 43.9 Å². The van der Waals surface area contributed by atoms with Crippen molar-refractivity contribution in [3.8, 4) is 0 Å². The minimum absolute atomic E-state index is 0.313. The van der Waals surface area contributed by atoms with E-state index in [-0.39, 0.29) is 0 Å². The van der Waals surface area contributed by atoms with Gasteiger partial charge in [0.05, 0.1) is 18.8 Å². The Bertz CT molecular complexity index is 215. The van der Waals surface area contributed by atoms with E-state index in [1.807, 2.05) is 0 Å². The monoisotopic (exact) mass is 197 g/mol. The van der Waals surface area contributed by atoms with Crippen molar-refractivity contribution >= 4 is 0 Å². The maximum atomic E-state index is 6.31. The van der Waals surface area contributed by atoms with Crippen LogP contribution >= 0.6 is 0 Å². The van der Waals surface area contributed by atoms with Gasteiger partial charge in [-0.25, -0.2) is 0 Å². The molecule has 3 nitrogen and oxygen atoms in total. The fourth-order valence-corrected chi connectivity index (χ4v) is 3.29. The molecule has 3 rings (SSSR count). The van der Waals surface area contributed by atoms with Crippen LogP contribution in [0.1, 0.15) is 25.7 Å². The number of hydrogen-bond acceptors (Lipinski definition) is 3. The Labute approximate surface area is 84.9 Å². The maximum absolute atomic E-state index is 6.31. The summed E-state index contributed by atoms with van der Waals surface area (Å²) >= 11 is 0. The van der Waals surface area contributed by atoms with Crippen LogP contribution in [-0.4, -0.2) is 31.5 Å². The molecule has 3 aliphatic rings. The SMILES string of the molecule is NC(C1CCOC1)C1CC2CCC1O2. The first-order chi connectivity index (χ1) is 6.84. The molecule has 5 atom stereocenters. The van der Waals surface area contributed by atoms with Crippen LogP contribution in [0.15, 0.2) is 0 Å². The van der Waals surface area contributed by atoms with Crippen LogP contribution in [0.25, 0.3) is 0 Å². The van der Waals surface area contributed by atoms with Crippen molar-refractivity contribution in [2.75, 3.05) is 13.2 Å². The van der Waals surface area contributed by atoms with Gasteiger partial charge in [-0.05, 0) is 31.6 Å². The minimum atomic E-state index is 0.313. The van der Waals surface area contributed by atoms with Gasteiger partial charge < -0.3 is 15.2 Å². The van der Waals surface area contributed by atoms with Gasteiger partial charge in [-0.15, -0.1) is 0 Å². The molecule has 0 aliphatic carbocycles. The van der Waals surface area contributed by atoms with Gasteiger partial charge in [0.15, 0.2) is 0 Å². The molecule has 2 bridgehead atoms. The molecule has 0 spiro atoms. The summed E-state index contributed by atoms with van der Waals surface area (Å²) in [6.45, 7) is 1.77. The zero-order valence-electron chi connectivity index (χ0n) is 8.52. The highest BCUT2D eigenvalue weighted by atomic mass is 16.5. The molecule has 80 valence electrons. The Hall–Kier alpha value is -0.120. The quantitative estimate of drug-likeness (QED) is 0.716. The first-order valence-corrected chi connectivity index (χ1v) is 5.83. The van der Waals surface area contributed by atoms with Crippen molar-refractivity contribution < 1.29 is 9.47 Å². The molecule has 0 amide bonds. The zero-order valence-corrected chi connectivity index (χ0v) is 8.52. The Balaban J connectivity index is 1.64. The molecule has 0 aromatic carbocycles.